The van der Waals surface area contributed by atoms with Gasteiger partial charge >= 0.3 is 18.4 Å². The number of carbonyl (C=O) groups is 1. The molecule has 0 heterocycles. The molecule has 1 unspecified atom stereocenters. The quantitative estimate of drug-likeness (QED) is 0.370. The number of nitrogens with one attached hydrogen (secondary N) is 1. The molecule has 3 rings (SSSR count). The molecule has 0 aromatic heterocycles. The molecular formula is C23H20F4NO3P. The van der Waals surface area contributed by atoms with Crippen LogP contribution in [0.4, 0.5) is 22.4 Å². The highest BCUT2D eigenvalue weighted by atomic mass is 31.2. The molecule has 0 saturated carbocycles. The first-order valence-corrected chi connectivity index (χ1v) is 11.4. The van der Waals surface area contributed by atoms with Crippen LogP contribution < -0.4 is 15.9 Å². The summed E-state index contributed by atoms with van der Waals surface area (Å²) in [5.41, 5.74) is 0.564. The van der Waals surface area contributed by atoms with E-state index in [9.17, 15) is 26.9 Å². The zero-order valence-electron chi connectivity index (χ0n) is 16.7. The van der Waals surface area contributed by atoms with Gasteiger partial charge in [0.2, 0.25) is 0 Å². The minimum absolute atomic E-state index is 0.0973. The summed E-state index contributed by atoms with van der Waals surface area (Å²) in [5, 5.41) is 1.60. The van der Waals surface area contributed by atoms with Gasteiger partial charge in [-0.15, -0.1) is 0 Å². The zero-order valence-corrected chi connectivity index (χ0v) is 17.6. The van der Waals surface area contributed by atoms with E-state index in [0.717, 1.165) is 0 Å². The number of alkyl halides is 4. The van der Waals surface area contributed by atoms with Gasteiger partial charge in [-0.25, -0.2) is 13.6 Å². The van der Waals surface area contributed by atoms with Crippen molar-refractivity contribution in [1.29, 1.82) is 0 Å². The van der Waals surface area contributed by atoms with Crippen molar-refractivity contribution in [3.8, 4) is 0 Å². The van der Waals surface area contributed by atoms with Gasteiger partial charge in [0.1, 0.15) is 6.61 Å². The molecule has 0 bridgehead atoms. The fraction of sp³-hybridized carbons (Fsp3) is 0.174. The second-order valence-electron chi connectivity index (χ2n) is 6.91. The van der Waals surface area contributed by atoms with Gasteiger partial charge in [-0.1, -0.05) is 91.0 Å². The molecule has 4 nitrogen and oxygen atoms in total. The molecule has 0 radical (unpaired) electrons. The highest BCUT2D eigenvalue weighted by Crippen LogP contribution is 2.54. The molecule has 1 atom stereocenters. The van der Waals surface area contributed by atoms with Crippen LogP contribution in [-0.4, -0.2) is 24.2 Å². The lowest BCUT2D eigenvalue weighted by Gasteiger charge is -2.34. The van der Waals surface area contributed by atoms with E-state index in [1.165, 1.54) is 48.5 Å². The molecule has 0 aliphatic heterocycles. The Morgan fingerprint density at radius 1 is 0.844 bits per heavy atom. The second-order valence-corrected chi connectivity index (χ2v) is 9.78. The normalized spacial score (nSPS) is 12.9. The first kappa shape index (κ1) is 23.5. The van der Waals surface area contributed by atoms with Gasteiger partial charge in [0.25, 0.3) is 0 Å². The number of carbonyl (C=O) groups excluding carboxylic acids is 1. The van der Waals surface area contributed by atoms with Crippen LogP contribution >= 0.6 is 7.14 Å². The standard InChI is InChI=1S/C23H20F4NO3P/c24-20(25)23(26,27)21(28-22(29)31-16-17-10-4-1-5-11-17)32(30,18-12-6-2-7-13-18)19-14-8-3-9-15-19/h1-15,20-21H,16H2,(H,28,29). The molecule has 32 heavy (non-hydrogen) atoms. The van der Waals surface area contributed by atoms with E-state index >= 15 is 0 Å². The number of hydrogen-bond acceptors (Lipinski definition) is 3. The molecule has 3 aromatic carbocycles. The summed E-state index contributed by atoms with van der Waals surface area (Å²) in [7, 11) is -4.50. The summed E-state index contributed by atoms with van der Waals surface area (Å²) in [6.07, 6.45) is -5.56. The summed E-state index contributed by atoms with van der Waals surface area (Å²) in [6.45, 7) is -0.277. The summed E-state index contributed by atoms with van der Waals surface area (Å²) in [4.78, 5) is 12.4. The third-order valence-corrected chi connectivity index (χ3v) is 8.10. The van der Waals surface area contributed by atoms with Crippen LogP contribution in [0.25, 0.3) is 0 Å². The lowest BCUT2D eigenvalue weighted by molar-refractivity contribution is -0.133. The Hall–Kier alpha value is -3.12. The topological polar surface area (TPSA) is 55.4 Å². The second kappa shape index (κ2) is 10.0. The van der Waals surface area contributed by atoms with Crippen molar-refractivity contribution in [3.63, 3.8) is 0 Å². The Kier molecular flexibility index (Phi) is 7.36. The van der Waals surface area contributed by atoms with Crippen LogP contribution in [0.1, 0.15) is 5.56 Å². The lowest BCUT2D eigenvalue weighted by Crippen LogP contribution is -2.54. The SMILES string of the molecule is O=C(NC(C(F)(F)C(F)F)P(=O)(c1ccccc1)c1ccccc1)OCc1ccccc1. The molecule has 1 amide bonds. The van der Waals surface area contributed by atoms with Crippen LogP contribution in [0.15, 0.2) is 91.0 Å². The maximum Gasteiger partial charge on any atom is 0.408 e. The Morgan fingerprint density at radius 3 is 1.72 bits per heavy atom. The summed E-state index contributed by atoms with van der Waals surface area (Å²) in [6, 6.07) is 22.6. The number of rotatable bonds is 8. The average molecular weight is 465 g/mol. The van der Waals surface area contributed by atoms with Crippen LogP contribution in [0.3, 0.4) is 0 Å². The average Bonchev–Trinajstić information content (AvgIpc) is 2.82. The Labute approximate surface area is 182 Å². The van der Waals surface area contributed by atoms with Gasteiger partial charge in [-0.3, -0.25) is 0 Å². The van der Waals surface area contributed by atoms with Crippen molar-refractivity contribution in [2.24, 2.45) is 0 Å². The van der Waals surface area contributed by atoms with Crippen molar-refractivity contribution >= 4 is 23.8 Å². The van der Waals surface area contributed by atoms with Crippen molar-refractivity contribution in [1.82, 2.24) is 5.32 Å². The first-order valence-electron chi connectivity index (χ1n) is 9.60. The van der Waals surface area contributed by atoms with Gasteiger partial charge in [0.05, 0.1) is 0 Å². The van der Waals surface area contributed by atoms with Crippen LogP contribution in [0, 0.1) is 0 Å². The van der Waals surface area contributed by atoms with Crippen LogP contribution in [-0.2, 0) is 15.9 Å². The Bertz CT molecular complexity index is 1020. The van der Waals surface area contributed by atoms with Crippen molar-refractivity contribution in [2.45, 2.75) is 24.7 Å². The number of alkyl carbamates (subject to hydrolysis) is 1. The maximum atomic E-state index is 14.8. The van der Waals surface area contributed by atoms with E-state index in [-0.39, 0.29) is 17.2 Å². The monoisotopic (exact) mass is 465 g/mol. The summed E-state index contributed by atoms with van der Waals surface area (Å²) < 4.78 is 75.7. The van der Waals surface area contributed by atoms with Crippen molar-refractivity contribution < 1.29 is 31.7 Å². The minimum atomic E-state index is -4.81. The predicted molar refractivity (Wildman–Crippen MR) is 114 cm³/mol. The zero-order chi connectivity index (χ0) is 23.2. The number of benzene rings is 3. The molecule has 0 aliphatic rings. The van der Waals surface area contributed by atoms with E-state index in [1.54, 1.807) is 47.8 Å². The number of halogens is 4. The summed E-state index contributed by atoms with van der Waals surface area (Å²) >= 11 is 0. The lowest BCUT2D eigenvalue weighted by atomic mass is 10.2. The van der Waals surface area contributed by atoms with Crippen LogP contribution in [0.2, 0.25) is 0 Å². The highest BCUT2D eigenvalue weighted by molar-refractivity contribution is 7.79. The van der Waals surface area contributed by atoms with Crippen molar-refractivity contribution in [2.75, 3.05) is 0 Å². The number of hydrogen-bond donors (Lipinski definition) is 1. The summed E-state index contributed by atoms with van der Waals surface area (Å²) in [5.74, 6) is -7.55. The van der Waals surface area contributed by atoms with E-state index in [1.807, 2.05) is 0 Å². The third kappa shape index (κ3) is 5.02. The van der Waals surface area contributed by atoms with Gasteiger partial charge in [0.15, 0.2) is 12.9 Å². The smallest absolute Gasteiger partial charge is 0.408 e. The highest BCUT2D eigenvalue weighted by Gasteiger charge is 2.58. The van der Waals surface area contributed by atoms with Gasteiger partial charge < -0.3 is 14.6 Å². The Balaban J connectivity index is 2.02. The molecule has 9 heteroatoms. The van der Waals surface area contributed by atoms with Gasteiger partial charge in [-0.05, 0) is 5.56 Å². The third-order valence-electron chi connectivity index (χ3n) is 4.77. The molecule has 0 saturated heterocycles. The fourth-order valence-electron chi connectivity index (χ4n) is 3.17. The predicted octanol–water partition coefficient (Wildman–Crippen LogP) is 5.15. The molecule has 0 aliphatic carbocycles. The van der Waals surface area contributed by atoms with E-state index in [0.29, 0.717) is 5.56 Å². The number of amides is 1. The van der Waals surface area contributed by atoms with E-state index in [2.05, 4.69) is 0 Å². The molecular weight excluding hydrogens is 445 g/mol. The molecule has 0 spiro atoms. The largest absolute Gasteiger partial charge is 0.445 e. The number of ether oxygens (including phenoxy) is 1. The van der Waals surface area contributed by atoms with Gasteiger partial charge in [0, 0.05) is 10.6 Å². The molecule has 168 valence electrons. The van der Waals surface area contributed by atoms with E-state index < -0.39 is 31.4 Å². The maximum absolute atomic E-state index is 14.8. The van der Waals surface area contributed by atoms with Crippen LogP contribution in [0.5, 0.6) is 0 Å². The molecule has 1 N–H and O–H groups in total. The molecule has 0 fully saturated rings. The van der Waals surface area contributed by atoms with E-state index in [4.69, 9.17) is 4.74 Å². The minimum Gasteiger partial charge on any atom is -0.445 e. The molecule has 3 aromatic rings. The first-order chi connectivity index (χ1) is 15.3. The van der Waals surface area contributed by atoms with Crippen molar-refractivity contribution in [3.05, 3.63) is 96.6 Å². The fourth-order valence-corrected chi connectivity index (χ4v) is 6.18. The van der Waals surface area contributed by atoms with Gasteiger partial charge in [-0.2, -0.15) is 8.78 Å². The Morgan fingerprint density at radius 2 is 1.28 bits per heavy atom.